The number of halogens is 2. The molecular formula is C7H6F2N2O. The first-order valence-corrected chi connectivity index (χ1v) is 3.14. The van der Waals surface area contributed by atoms with Gasteiger partial charge in [0.05, 0.1) is 0 Å². The van der Waals surface area contributed by atoms with Gasteiger partial charge in [-0.15, -0.1) is 0 Å². The standard InChI is InChI=1S/C7H6F2N2O/c8-7(9)12-6-2-1-3-11-5(6)4-10/h1-4,7,10H. The van der Waals surface area contributed by atoms with Crippen LogP contribution in [0.15, 0.2) is 18.3 Å². The van der Waals surface area contributed by atoms with E-state index in [0.29, 0.717) is 0 Å². The van der Waals surface area contributed by atoms with E-state index in [-0.39, 0.29) is 11.4 Å². The van der Waals surface area contributed by atoms with Crippen molar-refractivity contribution < 1.29 is 13.5 Å². The topological polar surface area (TPSA) is 46.0 Å². The molecule has 0 unspecified atom stereocenters. The number of alkyl halides is 2. The summed E-state index contributed by atoms with van der Waals surface area (Å²) in [5, 5.41) is 6.82. The number of ether oxygens (including phenoxy) is 1. The first-order chi connectivity index (χ1) is 5.74. The van der Waals surface area contributed by atoms with Crippen LogP contribution in [-0.4, -0.2) is 17.8 Å². The fourth-order valence-electron chi connectivity index (χ4n) is 0.707. The molecule has 0 spiro atoms. The van der Waals surface area contributed by atoms with Gasteiger partial charge in [0.25, 0.3) is 0 Å². The van der Waals surface area contributed by atoms with Crippen LogP contribution in [0.2, 0.25) is 0 Å². The van der Waals surface area contributed by atoms with E-state index in [1.165, 1.54) is 18.3 Å². The van der Waals surface area contributed by atoms with Gasteiger partial charge in [0, 0.05) is 12.4 Å². The van der Waals surface area contributed by atoms with E-state index in [1.807, 2.05) is 0 Å². The number of nitrogens with zero attached hydrogens (tertiary/aromatic N) is 1. The third-order valence-electron chi connectivity index (χ3n) is 1.15. The lowest BCUT2D eigenvalue weighted by Gasteiger charge is -2.04. The molecule has 0 saturated heterocycles. The first-order valence-electron chi connectivity index (χ1n) is 3.14. The molecule has 64 valence electrons. The Morgan fingerprint density at radius 1 is 1.58 bits per heavy atom. The zero-order chi connectivity index (χ0) is 8.97. The molecule has 0 radical (unpaired) electrons. The molecule has 1 aromatic heterocycles. The quantitative estimate of drug-likeness (QED) is 0.705. The summed E-state index contributed by atoms with van der Waals surface area (Å²) in [6.07, 6.45) is 2.26. The lowest BCUT2D eigenvalue weighted by molar-refractivity contribution is -0.0501. The van der Waals surface area contributed by atoms with Crippen molar-refractivity contribution in [1.29, 1.82) is 5.41 Å². The average molecular weight is 172 g/mol. The molecule has 0 fully saturated rings. The Bertz CT molecular complexity index is 278. The Morgan fingerprint density at radius 2 is 2.33 bits per heavy atom. The highest BCUT2D eigenvalue weighted by Crippen LogP contribution is 2.15. The second kappa shape index (κ2) is 3.75. The monoisotopic (exact) mass is 172 g/mol. The average Bonchev–Trinajstić information content (AvgIpc) is 2.04. The zero-order valence-corrected chi connectivity index (χ0v) is 6.00. The summed E-state index contributed by atoms with van der Waals surface area (Å²) in [7, 11) is 0. The summed E-state index contributed by atoms with van der Waals surface area (Å²) < 4.78 is 27.5. The van der Waals surface area contributed by atoms with Gasteiger partial charge >= 0.3 is 6.61 Å². The number of hydrogen-bond acceptors (Lipinski definition) is 3. The van der Waals surface area contributed by atoms with E-state index in [9.17, 15) is 8.78 Å². The van der Waals surface area contributed by atoms with Crippen molar-refractivity contribution in [1.82, 2.24) is 4.98 Å². The van der Waals surface area contributed by atoms with Crippen molar-refractivity contribution >= 4 is 6.21 Å². The summed E-state index contributed by atoms with van der Waals surface area (Å²) >= 11 is 0. The van der Waals surface area contributed by atoms with Crippen LogP contribution >= 0.6 is 0 Å². The van der Waals surface area contributed by atoms with Gasteiger partial charge in [-0.3, -0.25) is 4.98 Å². The molecule has 1 N–H and O–H groups in total. The number of nitrogens with one attached hydrogen (secondary N) is 1. The smallest absolute Gasteiger partial charge is 0.387 e. The van der Waals surface area contributed by atoms with Gasteiger partial charge in [0.2, 0.25) is 0 Å². The second-order valence-electron chi connectivity index (χ2n) is 1.91. The summed E-state index contributed by atoms with van der Waals surface area (Å²) in [6, 6.07) is 2.80. The van der Waals surface area contributed by atoms with E-state index in [1.54, 1.807) is 0 Å². The highest BCUT2D eigenvalue weighted by atomic mass is 19.3. The van der Waals surface area contributed by atoms with Crippen LogP contribution in [-0.2, 0) is 0 Å². The van der Waals surface area contributed by atoms with Crippen LogP contribution in [0.3, 0.4) is 0 Å². The summed E-state index contributed by atoms with van der Waals surface area (Å²) in [4.78, 5) is 3.65. The van der Waals surface area contributed by atoms with Crippen molar-refractivity contribution in [3.8, 4) is 5.75 Å². The lowest BCUT2D eigenvalue weighted by atomic mass is 10.3. The van der Waals surface area contributed by atoms with Gasteiger partial charge < -0.3 is 10.1 Å². The molecule has 0 aliphatic carbocycles. The van der Waals surface area contributed by atoms with E-state index in [0.717, 1.165) is 6.21 Å². The van der Waals surface area contributed by atoms with Crippen LogP contribution in [0.4, 0.5) is 8.78 Å². The maximum absolute atomic E-state index is 11.7. The van der Waals surface area contributed by atoms with Gasteiger partial charge in [-0.05, 0) is 12.1 Å². The highest BCUT2D eigenvalue weighted by molar-refractivity contribution is 5.78. The number of aromatic nitrogens is 1. The van der Waals surface area contributed by atoms with Gasteiger partial charge in [0.1, 0.15) is 5.69 Å². The van der Waals surface area contributed by atoms with Gasteiger partial charge in [-0.25, -0.2) is 0 Å². The lowest BCUT2D eigenvalue weighted by Crippen LogP contribution is -2.04. The van der Waals surface area contributed by atoms with Crippen molar-refractivity contribution in [2.75, 3.05) is 0 Å². The van der Waals surface area contributed by atoms with Crippen LogP contribution in [0.25, 0.3) is 0 Å². The molecule has 0 bridgehead atoms. The molecule has 1 rings (SSSR count). The number of hydrogen-bond donors (Lipinski definition) is 1. The van der Waals surface area contributed by atoms with Crippen molar-refractivity contribution in [2.45, 2.75) is 6.61 Å². The third kappa shape index (κ3) is 1.98. The largest absolute Gasteiger partial charge is 0.432 e. The van der Waals surface area contributed by atoms with E-state index in [4.69, 9.17) is 5.41 Å². The maximum atomic E-state index is 11.7. The first kappa shape index (κ1) is 8.58. The molecule has 0 amide bonds. The molecule has 12 heavy (non-hydrogen) atoms. The van der Waals surface area contributed by atoms with Gasteiger partial charge in [-0.2, -0.15) is 8.78 Å². The van der Waals surface area contributed by atoms with Crippen LogP contribution in [0.5, 0.6) is 5.75 Å². The minimum atomic E-state index is -2.88. The summed E-state index contributed by atoms with van der Waals surface area (Å²) in [6.45, 7) is -2.88. The molecule has 1 aromatic rings. The normalized spacial score (nSPS) is 9.92. The van der Waals surface area contributed by atoms with Crippen molar-refractivity contribution in [2.24, 2.45) is 0 Å². The fraction of sp³-hybridized carbons (Fsp3) is 0.143. The highest BCUT2D eigenvalue weighted by Gasteiger charge is 2.07. The molecule has 0 aromatic carbocycles. The number of pyridine rings is 1. The molecule has 0 saturated carbocycles. The zero-order valence-electron chi connectivity index (χ0n) is 6.00. The van der Waals surface area contributed by atoms with Gasteiger partial charge in [-0.1, -0.05) is 0 Å². The molecular weight excluding hydrogens is 166 g/mol. The molecule has 0 aliphatic heterocycles. The SMILES string of the molecule is N=Cc1ncccc1OC(F)F. The fourth-order valence-corrected chi connectivity index (χ4v) is 0.707. The van der Waals surface area contributed by atoms with Crippen molar-refractivity contribution in [3.05, 3.63) is 24.0 Å². The Morgan fingerprint density at radius 3 is 2.92 bits per heavy atom. The summed E-state index contributed by atoms with van der Waals surface area (Å²) in [5.74, 6) is -0.0810. The van der Waals surface area contributed by atoms with E-state index < -0.39 is 6.61 Å². The Kier molecular flexibility index (Phi) is 2.68. The minimum Gasteiger partial charge on any atom is -0.432 e. The molecule has 0 aliphatic rings. The van der Waals surface area contributed by atoms with E-state index >= 15 is 0 Å². The second-order valence-corrected chi connectivity index (χ2v) is 1.91. The Labute approximate surface area is 67.5 Å². The summed E-state index contributed by atoms with van der Waals surface area (Å²) in [5.41, 5.74) is 0.0952. The molecule has 0 atom stereocenters. The van der Waals surface area contributed by atoms with Crippen LogP contribution in [0, 0.1) is 5.41 Å². The Hall–Kier alpha value is -1.52. The number of rotatable bonds is 3. The molecule has 1 heterocycles. The third-order valence-corrected chi connectivity index (χ3v) is 1.15. The predicted molar refractivity (Wildman–Crippen MR) is 38.8 cm³/mol. The minimum absolute atomic E-state index is 0.0810. The van der Waals surface area contributed by atoms with Crippen LogP contribution in [0.1, 0.15) is 5.69 Å². The molecule has 3 nitrogen and oxygen atoms in total. The predicted octanol–water partition coefficient (Wildman–Crippen LogP) is 1.68. The van der Waals surface area contributed by atoms with Crippen LogP contribution < -0.4 is 4.74 Å². The van der Waals surface area contributed by atoms with Gasteiger partial charge in [0.15, 0.2) is 5.75 Å². The maximum Gasteiger partial charge on any atom is 0.387 e. The molecule has 5 heteroatoms. The van der Waals surface area contributed by atoms with Crippen molar-refractivity contribution in [3.63, 3.8) is 0 Å². The van der Waals surface area contributed by atoms with E-state index in [2.05, 4.69) is 9.72 Å². The Balaban J connectivity index is 2.89.